The minimum Gasteiger partial charge on any atom is -0.361 e. The van der Waals surface area contributed by atoms with Crippen molar-refractivity contribution in [2.24, 2.45) is 0 Å². The molecule has 19 heavy (non-hydrogen) atoms. The molecule has 1 amide bonds. The van der Waals surface area contributed by atoms with Gasteiger partial charge >= 0.3 is 0 Å². The molecule has 0 aliphatic rings. The summed E-state index contributed by atoms with van der Waals surface area (Å²) in [6, 6.07) is 8.24. The Morgan fingerprint density at radius 1 is 1.37 bits per heavy atom. The number of rotatable bonds is 7. The van der Waals surface area contributed by atoms with Gasteiger partial charge in [0.1, 0.15) is 0 Å². The lowest BCUT2D eigenvalue weighted by atomic mass is 10.1. The molecule has 0 bridgehead atoms. The molecule has 4 heteroatoms. The van der Waals surface area contributed by atoms with Gasteiger partial charge in [-0.2, -0.15) is 11.8 Å². The highest BCUT2D eigenvalue weighted by Crippen LogP contribution is 2.17. The number of thioether (sulfide) groups is 1. The van der Waals surface area contributed by atoms with Crippen molar-refractivity contribution in [3.8, 4) is 0 Å². The lowest BCUT2D eigenvalue weighted by molar-refractivity contribution is -0.118. The molecule has 0 radical (unpaired) electrons. The zero-order valence-corrected chi connectivity index (χ0v) is 12.1. The summed E-state index contributed by atoms with van der Waals surface area (Å²) in [6.07, 6.45) is 4.02. The number of benzene rings is 1. The van der Waals surface area contributed by atoms with Gasteiger partial charge in [0.15, 0.2) is 0 Å². The number of hydrogen-bond acceptors (Lipinski definition) is 2. The summed E-state index contributed by atoms with van der Waals surface area (Å²) in [5, 5.41) is 4.22. The minimum atomic E-state index is 0.137. The predicted molar refractivity (Wildman–Crippen MR) is 82.6 cm³/mol. The third-order valence-corrected chi connectivity index (χ3v) is 4.14. The van der Waals surface area contributed by atoms with Gasteiger partial charge in [-0.1, -0.05) is 25.1 Å². The summed E-state index contributed by atoms with van der Waals surface area (Å²) < 4.78 is 0. The number of nitrogens with one attached hydrogen (secondary N) is 2. The van der Waals surface area contributed by atoms with Crippen molar-refractivity contribution in [2.45, 2.75) is 19.8 Å². The predicted octanol–water partition coefficient (Wildman–Crippen LogP) is 2.97. The number of para-hydroxylation sites is 1. The first kappa shape index (κ1) is 14.0. The molecule has 1 aromatic carbocycles. The minimum absolute atomic E-state index is 0.137. The summed E-state index contributed by atoms with van der Waals surface area (Å²) in [4.78, 5) is 14.8. The Balaban J connectivity index is 1.78. The van der Waals surface area contributed by atoms with Crippen LogP contribution < -0.4 is 5.32 Å². The largest absolute Gasteiger partial charge is 0.361 e. The zero-order valence-electron chi connectivity index (χ0n) is 11.2. The van der Waals surface area contributed by atoms with Crippen LogP contribution in [0.25, 0.3) is 10.9 Å². The van der Waals surface area contributed by atoms with E-state index in [4.69, 9.17) is 0 Å². The van der Waals surface area contributed by atoms with Crippen LogP contribution >= 0.6 is 11.8 Å². The number of carbonyl (C=O) groups is 1. The number of aromatic amines is 1. The molecule has 0 aliphatic heterocycles. The van der Waals surface area contributed by atoms with Crippen molar-refractivity contribution in [2.75, 3.05) is 18.1 Å². The summed E-state index contributed by atoms with van der Waals surface area (Å²) in [5.41, 5.74) is 2.42. The van der Waals surface area contributed by atoms with Gasteiger partial charge in [-0.15, -0.1) is 0 Å². The molecule has 1 heterocycles. The first-order chi connectivity index (χ1) is 9.31. The Morgan fingerprint density at radius 3 is 3.05 bits per heavy atom. The standard InChI is InChI=1S/C15H20N2OS/c1-2-9-19-11-15(18)16-8-7-12-10-17-14-6-4-3-5-13(12)14/h3-6,10,17H,2,7-9,11H2,1H3,(H,16,18). The summed E-state index contributed by atoms with van der Waals surface area (Å²) in [6.45, 7) is 2.83. The van der Waals surface area contributed by atoms with Crippen LogP contribution in [-0.2, 0) is 11.2 Å². The Hall–Kier alpha value is -1.42. The van der Waals surface area contributed by atoms with Crippen LogP contribution in [0, 0.1) is 0 Å². The van der Waals surface area contributed by atoms with E-state index in [0.717, 1.165) is 24.1 Å². The van der Waals surface area contributed by atoms with Crippen LogP contribution in [0.2, 0.25) is 0 Å². The lowest BCUT2D eigenvalue weighted by Crippen LogP contribution is -2.27. The van der Waals surface area contributed by atoms with Gasteiger partial charge in [0.05, 0.1) is 5.75 Å². The average Bonchev–Trinajstić information content (AvgIpc) is 2.83. The molecule has 0 atom stereocenters. The van der Waals surface area contributed by atoms with E-state index >= 15 is 0 Å². The van der Waals surface area contributed by atoms with E-state index in [1.165, 1.54) is 10.9 Å². The van der Waals surface area contributed by atoms with E-state index in [9.17, 15) is 4.79 Å². The lowest BCUT2D eigenvalue weighted by Gasteiger charge is -2.04. The van der Waals surface area contributed by atoms with Crippen molar-refractivity contribution < 1.29 is 4.79 Å². The van der Waals surface area contributed by atoms with E-state index < -0.39 is 0 Å². The molecule has 102 valence electrons. The van der Waals surface area contributed by atoms with E-state index in [-0.39, 0.29) is 5.91 Å². The van der Waals surface area contributed by atoms with E-state index in [1.54, 1.807) is 11.8 Å². The second-order valence-corrected chi connectivity index (χ2v) is 5.62. The van der Waals surface area contributed by atoms with Crippen LogP contribution in [0.1, 0.15) is 18.9 Å². The fraction of sp³-hybridized carbons (Fsp3) is 0.400. The maximum absolute atomic E-state index is 11.6. The molecular weight excluding hydrogens is 256 g/mol. The highest BCUT2D eigenvalue weighted by Gasteiger charge is 2.04. The molecule has 0 spiro atoms. The van der Waals surface area contributed by atoms with Crippen molar-refractivity contribution in [3.63, 3.8) is 0 Å². The van der Waals surface area contributed by atoms with Crippen LogP contribution in [0.4, 0.5) is 0 Å². The van der Waals surface area contributed by atoms with Crippen molar-refractivity contribution in [1.29, 1.82) is 0 Å². The summed E-state index contributed by atoms with van der Waals surface area (Å²) in [7, 11) is 0. The molecule has 0 fully saturated rings. The molecule has 2 N–H and O–H groups in total. The maximum Gasteiger partial charge on any atom is 0.230 e. The monoisotopic (exact) mass is 276 g/mol. The topological polar surface area (TPSA) is 44.9 Å². The van der Waals surface area contributed by atoms with Crippen LogP contribution in [-0.4, -0.2) is 28.9 Å². The Kier molecular flexibility index (Phi) is 5.33. The van der Waals surface area contributed by atoms with Gasteiger partial charge in [0.25, 0.3) is 0 Å². The van der Waals surface area contributed by atoms with Gasteiger partial charge in [0, 0.05) is 23.6 Å². The van der Waals surface area contributed by atoms with Gasteiger partial charge in [-0.05, 0) is 30.2 Å². The molecule has 0 saturated carbocycles. The number of fused-ring (bicyclic) bond motifs is 1. The molecule has 3 nitrogen and oxygen atoms in total. The normalized spacial score (nSPS) is 10.8. The zero-order chi connectivity index (χ0) is 13.5. The van der Waals surface area contributed by atoms with Gasteiger partial charge in [-0.3, -0.25) is 4.79 Å². The quantitative estimate of drug-likeness (QED) is 0.764. The molecule has 1 aromatic heterocycles. The number of hydrogen-bond donors (Lipinski definition) is 2. The van der Waals surface area contributed by atoms with Crippen LogP contribution in [0.15, 0.2) is 30.5 Å². The smallest absolute Gasteiger partial charge is 0.230 e. The number of aromatic nitrogens is 1. The van der Waals surface area contributed by atoms with E-state index in [1.807, 2.05) is 18.3 Å². The Morgan fingerprint density at radius 2 is 2.21 bits per heavy atom. The van der Waals surface area contributed by atoms with Crippen LogP contribution in [0.3, 0.4) is 0 Å². The van der Waals surface area contributed by atoms with Crippen LogP contribution in [0.5, 0.6) is 0 Å². The summed E-state index contributed by atoms with van der Waals surface area (Å²) >= 11 is 1.69. The first-order valence-corrected chi connectivity index (χ1v) is 7.86. The number of H-pyrrole nitrogens is 1. The number of carbonyl (C=O) groups excluding carboxylic acids is 1. The van der Waals surface area contributed by atoms with E-state index in [2.05, 4.69) is 29.4 Å². The Labute approximate surface area is 118 Å². The molecule has 0 unspecified atom stereocenters. The molecule has 2 rings (SSSR count). The highest BCUT2D eigenvalue weighted by molar-refractivity contribution is 7.99. The fourth-order valence-electron chi connectivity index (χ4n) is 2.04. The van der Waals surface area contributed by atoms with E-state index in [0.29, 0.717) is 12.3 Å². The molecule has 0 aliphatic carbocycles. The van der Waals surface area contributed by atoms with Crippen molar-refractivity contribution in [3.05, 3.63) is 36.0 Å². The third-order valence-electron chi connectivity index (χ3n) is 2.97. The highest BCUT2D eigenvalue weighted by atomic mass is 32.2. The number of amides is 1. The molecule has 0 saturated heterocycles. The van der Waals surface area contributed by atoms with Gasteiger partial charge in [-0.25, -0.2) is 0 Å². The van der Waals surface area contributed by atoms with Gasteiger partial charge < -0.3 is 10.3 Å². The summed E-state index contributed by atoms with van der Waals surface area (Å²) in [5.74, 6) is 1.76. The second kappa shape index (κ2) is 7.24. The maximum atomic E-state index is 11.6. The van der Waals surface area contributed by atoms with Crippen molar-refractivity contribution >= 4 is 28.6 Å². The first-order valence-electron chi connectivity index (χ1n) is 6.70. The SMILES string of the molecule is CCCSCC(=O)NCCc1c[nH]c2ccccc12. The fourth-order valence-corrected chi connectivity index (χ4v) is 2.76. The van der Waals surface area contributed by atoms with Crippen molar-refractivity contribution in [1.82, 2.24) is 10.3 Å². The van der Waals surface area contributed by atoms with Gasteiger partial charge in [0.2, 0.25) is 5.91 Å². The Bertz CT molecular complexity index is 536. The second-order valence-electron chi connectivity index (χ2n) is 4.51. The third kappa shape index (κ3) is 4.03. The molecular formula is C15H20N2OS. The average molecular weight is 276 g/mol. The molecule has 2 aromatic rings.